The van der Waals surface area contributed by atoms with Crippen molar-refractivity contribution in [3.8, 4) is 0 Å². The molecule has 27 heavy (non-hydrogen) atoms. The number of nitrogens with one attached hydrogen (secondary N) is 3. The number of aromatic nitrogens is 3. The molecule has 1 atom stereocenters. The number of hydrogen-bond acceptors (Lipinski definition) is 6. The van der Waals surface area contributed by atoms with Crippen molar-refractivity contribution < 1.29 is 8.42 Å². The average Bonchev–Trinajstić information content (AvgIpc) is 3.09. The summed E-state index contributed by atoms with van der Waals surface area (Å²) < 4.78 is 24.3. The fraction of sp³-hybridized carbons (Fsp3) is 0.368. The number of para-hydroxylation sites is 1. The first-order chi connectivity index (χ1) is 13.0. The van der Waals surface area contributed by atoms with Gasteiger partial charge in [-0.05, 0) is 36.9 Å². The van der Waals surface area contributed by atoms with E-state index in [1.54, 1.807) is 0 Å². The Balaban J connectivity index is 1.58. The van der Waals surface area contributed by atoms with Gasteiger partial charge in [-0.2, -0.15) is 0 Å². The lowest BCUT2D eigenvalue weighted by Gasteiger charge is -2.24. The number of hydrogen-bond donors (Lipinski definition) is 3. The molecule has 0 radical (unpaired) electrons. The van der Waals surface area contributed by atoms with Crippen molar-refractivity contribution in [1.29, 1.82) is 0 Å². The van der Waals surface area contributed by atoms with Crippen LogP contribution >= 0.6 is 0 Å². The fourth-order valence-electron chi connectivity index (χ4n) is 3.54. The summed E-state index contributed by atoms with van der Waals surface area (Å²) in [5.41, 5.74) is 2.71. The van der Waals surface area contributed by atoms with Crippen LogP contribution in [0.3, 0.4) is 0 Å². The Hall–Kier alpha value is -2.45. The summed E-state index contributed by atoms with van der Waals surface area (Å²) in [6, 6.07) is 10.2. The minimum atomic E-state index is -3.37. The third-order valence-corrected chi connectivity index (χ3v) is 6.00. The van der Waals surface area contributed by atoms with Gasteiger partial charge in [0, 0.05) is 29.9 Å². The van der Waals surface area contributed by atoms with Gasteiger partial charge in [0.15, 0.2) is 9.84 Å². The highest BCUT2D eigenvalue weighted by Gasteiger charge is 2.25. The standard InChI is InChI=1S/C19H23N5O2S/c1-27(25,26)17-12-22-19(24-18(17)14-6-4-8-20-10-14)21-11-15-9-13-5-2-3-7-16(13)23-15/h2-3,5,7,9,12,14,20,23H,4,6,8,10-11H2,1H3,(H,21,22,24). The summed E-state index contributed by atoms with van der Waals surface area (Å²) in [6.45, 7) is 2.23. The number of aromatic amines is 1. The maximum atomic E-state index is 12.2. The Morgan fingerprint density at radius 3 is 2.89 bits per heavy atom. The molecule has 1 aliphatic heterocycles. The highest BCUT2D eigenvalue weighted by Crippen LogP contribution is 2.28. The largest absolute Gasteiger partial charge is 0.357 e. The SMILES string of the molecule is CS(=O)(=O)c1cnc(NCc2cc3ccccc3[nH]2)nc1C1CCCNC1. The van der Waals surface area contributed by atoms with Crippen molar-refractivity contribution in [2.24, 2.45) is 0 Å². The molecule has 4 rings (SSSR count). The minimum absolute atomic E-state index is 0.0834. The lowest BCUT2D eigenvalue weighted by atomic mass is 9.96. The van der Waals surface area contributed by atoms with Gasteiger partial charge in [0.25, 0.3) is 0 Å². The van der Waals surface area contributed by atoms with Gasteiger partial charge in [-0.15, -0.1) is 0 Å². The molecule has 1 unspecified atom stereocenters. The van der Waals surface area contributed by atoms with Gasteiger partial charge in [-0.3, -0.25) is 0 Å². The maximum absolute atomic E-state index is 12.2. The topological polar surface area (TPSA) is 99.8 Å². The van der Waals surface area contributed by atoms with Gasteiger partial charge in [0.1, 0.15) is 4.90 Å². The number of nitrogens with zero attached hydrogens (tertiary/aromatic N) is 2. The molecule has 0 aliphatic carbocycles. The third kappa shape index (κ3) is 3.96. The normalized spacial score (nSPS) is 17.9. The molecule has 0 saturated carbocycles. The Morgan fingerprint density at radius 2 is 2.15 bits per heavy atom. The average molecular weight is 385 g/mol. The van der Waals surface area contributed by atoms with E-state index in [1.807, 2.05) is 18.2 Å². The number of benzene rings is 1. The molecule has 3 heterocycles. The summed E-state index contributed by atoms with van der Waals surface area (Å²) >= 11 is 0. The molecule has 8 heteroatoms. The fourth-order valence-corrected chi connectivity index (χ4v) is 4.37. The molecule has 0 bridgehead atoms. The Morgan fingerprint density at radius 1 is 1.30 bits per heavy atom. The number of H-pyrrole nitrogens is 1. The molecule has 7 nitrogen and oxygen atoms in total. The van der Waals surface area contributed by atoms with E-state index in [4.69, 9.17) is 0 Å². The second-order valence-corrected chi connectivity index (χ2v) is 8.98. The van der Waals surface area contributed by atoms with Crippen LogP contribution in [0.2, 0.25) is 0 Å². The zero-order valence-electron chi connectivity index (χ0n) is 15.2. The number of sulfone groups is 1. The Labute approximate surface area is 158 Å². The van der Waals surface area contributed by atoms with Crippen LogP contribution in [-0.2, 0) is 16.4 Å². The first kappa shape index (κ1) is 17.9. The highest BCUT2D eigenvalue weighted by atomic mass is 32.2. The van der Waals surface area contributed by atoms with Crippen molar-refractivity contribution in [3.63, 3.8) is 0 Å². The first-order valence-electron chi connectivity index (χ1n) is 9.09. The van der Waals surface area contributed by atoms with Crippen LogP contribution < -0.4 is 10.6 Å². The lowest BCUT2D eigenvalue weighted by Crippen LogP contribution is -2.30. The van der Waals surface area contributed by atoms with Gasteiger partial charge in [-0.1, -0.05) is 18.2 Å². The zero-order chi connectivity index (χ0) is 18.9. The summed E-state index contributed by atoms with van der Waals surface area (Å²) in [7, 11) is -3.37. The van der Waals surface area contributed by atoms with E-state index in [1.165, 1.54) is 12.5 Å². The predicted molar refractivity (Wildman–Crippen MR) is 106 cm³/mol. The molecule has 0 spiro atoms. The minimum Gasteiger partial charge on any atom is -0.357 e. The number of piperidine rings is 1. The number of rotatable bonds is 5. The second-order valence-electron chi connectivity index (χ2n) is 6.99. The zero-order valence-corrected chi connectivity index (χ0v) is 16.0. The Kier molecular flexibility index (Phi) is 4.84. The van der Waals surface area contributed by atoms with Crippen LogP contribution in [0.25, 0.3) is 10.9 Å². The highest BCUT2D eigenvalue weighted by molar-refractivity contribution is 7.90. The van der Waals surface area contributed by atoms with Gasteiger partial charge < -0.3 is 15.6 Å². The van der Waals surface area contributed by atoms with Crippen LogP contribution in [0.5, 0.6) is 0 Å². The Bertz CT molecular complexity index is 1020. The van der Waals surface area contributed by atoms with Gasteiger partial charge >= 0.3 is 0 Å². The van der Waals surface area contributed by atoms with Crippen LogP contribution in [0.15, 0.2) is 41.4 Å². The van der Waals surface area contributed by atoms with Crippen molar-refractivity contribution >= 4 is 26.7 Å². The predicted octanol–water partition coefficient (Wildman–Crippen LogP) is 2.44. The summed E-state index contributed by atoms with van der Waals surface area (Å²) in [5, 5.41) is 7.68. The number of anilines is 1. The van der Waals surface area contributed by atoms with Crippen LogP contribution in [0, 0.1) is 0 Å². The van der Waals surface area contributed by atoms with E-state index in [2.05, 4.69) is 37.7 Å². The van der Waals surface area contributed by atoms with Crippen LogP contribution in [0.1, 0.15) is 30.1 Å². The van der Waals surface area contributed by atoms with Crippen molar-refractivity contribution in [1.82, 2.24) is 20.3 Å². The summed E-state index contributed by atoms with van der Waals surface area (Å²) in [6.07, 6.45) is 4.58. The molecule has 1 aromatic carbocycles. The van der Waals surface area contributed by atoms with Gasteiger partial charge in [0.2, 0.25) is 5.95 Å². The quantitative estimate of drug-likeness (QED) is 0.624. The summed E-state index contributed by atoms with van der Waals surface area (Å²) in [4.78, 5) is 12.4. The van der Waals surface area contributed by atoms with E-state index in [0.717, 1.165) is 42.5 Å². The van der Waals surface area contributed by atoms with Crippen LogP contribution in [-0.4, -0.2) is 42.7 Å². The van der Waals surface area contributed by atoms with Crippen molar-refractivity contribution in [2.45, 2.75) is 30.2 Å². The van der Waals surface area contributed by atoms with E-state index < -0.39 is 9.84 Å². The van der Waals surface area contributed by atoms with Crippen molar-refractivity contribution in [3.05, 3.63) is 47.9 Å². The van der Waals surface area contributed by atoms with Gasteiger partial charge in [0.05, 0.1) is 18.4 Å². The first-order valence-corrected chi connectivity index (χ1v) is 11.0. The molecule has 2 aromatic heterocycles. The van der Waals surface area contributed by atoms with E-state index in [0.29, 0.717) is 18.2 Å². The molecule has 3 N–H and O–H groups in total. The third-order valence-electron chi connectivity index (χ3n) is 4.89. The second kappa shape index (κ2) is 7.28. The number of fused-ring (bicyclic) bond motifs is 1. The molecule has 3 aromatic rings. The van der Waals surface area contributed by atoms with Crippen molar-refractivity contribution in [2.75, 3.05) is 24.7 Å². The maximum Gasteiger partial charge on any atom is 0.223 e. The summed E-state index contributed by atoms with van der Waals surface area (Å²) in [5.74, 6) is 0.529. The van der Waals surface area contributed by atoms with E-state index >= 15 is 0 Å². The molecule has 1 saturated heterocycles. The van der Waals surface area contributed by atoms with Gasteiger partial charge in [-0.25, -0.2) is 18.4 Å². The molecule has 142 valence electrons. The smallest absolute Gasteiger partial charge is 0.223 e. The monoisotopic (exact) mass is 385 g/mol. The van der Waals surface area contributed by atoms with Crippen LogP contribution in [0.4, 0.5) is 5.95 Å². The molecular weight excluding hydrogens is 362 g/mol. The molecular formula is C19H23N5O2S. The lowest BCUT2D eigenvalue weighted by molar-refractivity contribution is 0.448. The molecule has 1 fully saturated rings. The van der Waals surface area contributed by atoms with E-state index in [9.17, 15) is 8.42 Å². The van der Waals surface area contributed by atoms with E-state index in [-0.39, 0.29) is 10.8 Å². The molecule has 1 aliphatic rings. The molecule has 0 amide bonds.